The Morgan fingerprint density at radius 1 is 1.02 bits per heavy atom. The standard InChI is InChI=1S/C34H34ClNO4S/c1-21(2)30-18-26(23-11-13-27(35)14-12-23)19-40-33(30)25-5-4-6-28(17-25)39-20-31(37)36-34-29(15-16-41-34)32(38)24-9-7-22(3)8-10-24/h4-17,21,26,30,33H,18-20H2,1-3H3,(H,36,37)/t26-,30-,33-/m0/s1. The summed E-state index contributed by atoms with van der Waals surface area (Å²) in [7, 11) is 0. The molecule has 1 fully saturated rings. The number of nitrogens with one attached hydrogen (secondary N) is 1. The van der Waals surface area contributed by atoms with Gasteiger partial charge in [-0.1, -0.05) is 79.5 Å². The second kappa shape index (κ2) is 13.0. The highest BCUT2D eigenvalue weighted by Gasteiger charge is 2.35. The van der Waals surface area contributed by atoms with Crippen molar-refractivity contribution in [1.29, 1.82) is 0 Å². The molecule has 1 aromatic heterocycles. The Labute approximate surface area is 250 Å². The molecule has 1 N–H and O–H groups in total. The number of ketones is 1. The van der Waals surface area contributed by atoms with Crippen molar-refractivity contribution < 1.29 is 19.1 Å². The van der Waals surface area contributed by atoms with Crippen LogP contribution in [0.15, 0.2) is 84.2 Å². The second-order valence-corrected chi connectivity index (χ2v) is 12.3. The molecule has 3 atom stereocenters. The van der Waals surface area contributed by atoms with Crippen LogP contribution < -0.4 is 10.1 Å². The molecule has 0 unspecified atom stereocenters. The molecule has 0 spiro atoms. The zero-order valence-corrected chi connectivity index (χ0v) is 25.0. The van der Waals surface area contributed by atoms with E-state index in [-0.39, 0.29) is 24.4 Å². The van der Waals surface area contributed by atoms with Crippen molar-refractivity contribution in [2.75, 3.05) is 18.5 Å². The van der Waals surface area contributed by atoms with Crippen molar-refractivity contribution in [3.05, 3.63) is 117 Å². The summed E-state index contributed by atoms with van der Waals surface area (Å²) in [4.78, 5) is 25.8. The molecule has 1 aliphatic heterocycles. The van der Waals surface area contributed by atoms with E-state index in [9.17, 15) is 9.59 Å². The molecule has 0 aliphatic carbocycles. The summed E-state index contributed by atoms with van der Waals surface area (Å²) in [6.45, 7) is 6.91. The SMILES string of the molecule is Cc1ccc(C(=O)c2ccsc2NC(=O)COc2cccc([C@@H]3OC[C@@H](c4ccc(Cl)cc4)C[C@H]3C(C)C)c2)cc1. The monoisotopic (exact) mass is 587 g/mol. The number of hydrogen-bond acceptors (Lipinski definition) is 5. The largest absolute Gasteiger partial charge is 0.484 e. The fourth-order valence-corrected chi connectivity index (χ4v) is 6.26. The molecule has 2 heterocycles. The van der Waals surface area contributed by atoms with Gasteiger partial charge in [-0.05, 0) is 72.0 Å². The molecule has 41 heavy (non-hydrogen) atoms. The van der Waals surface area contributed by atoms with Crippen LogP contribution in [0.1, 0.15) is 64.9 Å². The lowest BCUT2D eigenvalue weighted by Gasteiger charge is -2.39. The molecule has 5 nitrogen and oxygen atoms in total. The number of amides is 1. The molecule has 212 valence electrons. The number of carbonyl (C=O) groups excluding carboxylic acids is 2. The van der Waals surface area contributed by atoms with Crippen LogP contribution in [0.3, 0.4) is 0 Å². The number of carbonyl (C=O) groups is 2. The second-order valence-electron chi connectivity index (χ2n) is 10.9. The van der Waals surface area contributed by atoms with Gasteiger partial charge in [0.05, 0.1) is 18.3 Å². The fraction of sp³-hybridized carbons (Fsp3) is 0.294. The normalized spacial score (nSPS) is 18.7. The number of rotatable bonds is 9. The maximum absolute atomic E-state index is 13.0. The van der Waals surface area contributed by atoms with E-state index in [0.717, 1.165) is 22.6 Å². The van der Waals surface area contributed by atoms with Gasteiger partial charge in [-0.25, -0.2) is 0 Å². The van der Waals surface area contributed by atoms with Crippen LogP contribution in [0.5, 0.6) is 5.75 Å². The number of ether oxygens (including phenoxy) is 2. The maximum atomic E-state index is 13.0. The molecule has 7 heteroatoms. The fourth-order valence-electron chi connectivity index (χ4n) is 5.33. The Kier molecular flexibility index (Phi) is 9.23. The topological polar surface area (TPSA) is 64.6 Å². The van der Waals surface area contributed by atoms with Crippen LogP contribution in [0.2, 0.25) is 5.02 Å². The third-order valence-corrected chi connectivity index (χ3v) is 8.74. The highest BCUT2D eigenvalue weighted by Crippen LogP contribution is 2.44. The van der Waals surface area contributed by atoms with E-state index in [4.69, 9.17) is 21.1 Å². The molecular weight excluding hydrogens is 554 g/mol. The Bertz CT molecular complexity index is 1500. The number of benzene rings is 3. The van der Waals surface area contributed by atoms with Gasteiger partial charge in [0.2, 0.25) is 0 Å². The summed E-state index contributed by atoms with van der Waals surface area (Å²) in [6.07, 6.45) is 0.958. The molecule has 3 aromatic carbocycles. The van der Waals surface area contributed by atoms with Crippen molar-refractivity contribution in [3.8, 4) is 5.75 Å². The van der Waals surface area contributed by atoms with Crippen molar-refractivity contribution in [2.24, 2.45) is 11.8 Å². The van der Waals surface area contributed by atoms with Crippen molar-refractivity contribution in [1.82, 2.24) is 0 Å². The third kappa shape index (κ3) is 7.07. The summed E-state index contributed by atoms with van der Waals surface area (Å²) in [6, 6.07) is 25.0. The quantitative estimate of drug-likeness (QED) is 0.199. The van der Waals surface area contributed by atoms with Crippen LogP contribution in [0.4, 0.5) is 5.00 Å². The van der Waals surface area contributed by atoms with E-state index < -0.39 is 0 Å². The zero-order chi connectivity index (χ0) is 28.9. The lowest BCUT2D eigenvalue weighted by Crippen LogP contribution is -2.31. The molecular formula is C34H34ClNO4S. The molecule has 1 aliphatic rings. The molecule has 0 radical (unpaired) electrons. The first-order valence-corrected chi connectivity index (χ1v) is 15.1. The van der Waals surface area contributed by atoms with Crippen LogP contribution in [-0.4, -0.2) is 24.9 Å². The van der Waals surface area contributed by atoms with Crippen LogP contribution in [0, 0.1) is 18.8 Å². The Hall–Kier alpha value is -3.45. The first kappa shape index (κ1) is 29.1. The van der Waals surface area contributed by atoms with Crippen LogP contribution >= 0.6 is 22.9 Å². The van der Waals surface area contributed by atoms with Gasteiger partial charge < -0.3 is 14.8 Å². The van der Waals surface area contributed by atoms with E-state index in [1.807, 2.05) is 49.4 Å². The van der Waals surface area contributed by atoms with E-state index in [1.54, 1.807) is 23.6 Å². The Morgan fingerprint density at radius 3 is 2.51 bits per heavy atom. The molecule has 5 rings (SSSR count). The maximum Gasteiger partial charge on any atom is 0.262 e. The lowest BCUT2D eigenvalue weighted by molar-refractivity contribution is -0.118. The van der Waals surface area contributed by atoms with Gasteiger partial charge in [0, 0.05) is 16.5 Å². The highest BCUT2D eigenvalue weighted by atomic mass is 35.5. The summed E-state index contributed by atoms with van der Waals surface area (Å²) in [5, 5.41) is 5.90. The smallest absolute Gasteiger partial charge is 0.262 e. The molecule has 1 amide bonds. The minimum Gasteiger partial charge on any atom is -0.484 e. The summed E-state index contributed by atoms with van der Waals surface area (Å²) in [5.41, 5.74) is 4.43. The molecule has 1 saturated heterocycles. The van der Waals surface area contributed by atoms with Crippen molar-refractivity contribution in [2.45, 2.75) is 39.2 Å². The summed E-state index contributed by atoms with van der Waals surface area (Å²) in [5.74, 6) is 1.22. The minimum absolute atomic E-state index is 0.0580. The van der Waals surface area contributed by atoms with E-state index in [2.05, 4.69) is 37.4 Å². The van der Waals surface area contributed by atoms with E-state index >= 15 is 0 Å². The van der Waals surface area contributed by atoms with Gasteiger partial charge in [0.15, 0.2) is 12.4 Å². The molecule has 0 bridgehead atoms. The predicted octanol–water partition coefficient (Wildman–Crippen LogP) is 8.48. The predicted molar refractivity (Wildman–Crippen MR) is 165 cm³/mol. The van der Waals surface area contributed by atoms with Crippen LogP contribution in [-0.2, 0) is 9.53 Å². The van der Waals surface area contributed by atoms with Gasteiger partial charge in [-0.2, -0.15) is 0 Å². The molecule has 4 aromatic rings. The summed E-state index contributed by atoms with van der Waals surface area (Å²) < 4.78 is 12.3. The van der Waals surface area contributed by atoms with Gasteiger partial charge in [-0.15, -0.1) is 11.3 Å². The Morgan fingerprint density at radius 2 is 1.78 bits per heavy atom. The van der Waals surface area contributed by atoms with Gasteiger partial charge in [0.25, 0.3) is 5.91 Å². The third-order valence-electron chi connectivity index (χ3n) is 7.65. The number of hydrogen-bond donors (Lipinski definition) is 1. The van der Waals surface area contributed by atoms with Gasteiger partial charge >= 0.3 is 0 Å². The zero-order valence-electron chi connectivity index (χ0n) is 23.4. The first-order valence-electron chi connectivity index (χ1n) is 13.9. The Balaban J connectivity index is 1.21. The lowest BCUT2D eigenvalue weighted by atomic mass is 9.76. The average Bonchev–Trinajstić information content (AvgIpc) is 3.44. The van der Waals surface area contributed by atoms with Gasteiger partial charge in [-0.3, -0.25) is 9.59 Å². The number of anilines is 1. The number of thiophene rings is 1. The molecule has 0 saturated carbocycles. The van der Waals surface area contributed by atoms with Crippen molar-refractivity contribution in [3.63, 3.8) is 0 Å². The van der Waals surface area contributed by atoms with Crippen molar-refractivity contribution >= 4 is 39.6 Å². The summed E-state index contributed by atoms with van der Waals surface area (Å²) >= 11 is 7.41. The van der Waals surface area contributed by atoms with Gasteiger partial charge in [0.1, 0.15) is 10.8 Å². The first-order chi connectivity index (χ1) is 19.8. The highest BCUT2D eigenvalue weighted by molar-refractivity contribution is 7.14. The van der Waals surface area contributed by atoms with E-state index in [1.165, 1.54) is 16.9 Å². The minimum atomic E-state index is -0.324. The number of halogens is 1. The average molecular weight is 588 g/mol. The van der Waals surface area contributed by atoms with Crippen LogP contribution in [0.25, 0.3) is 0 Å². The van der Waals surface area contributed by atoms with E-state index in [0.29, 0.717) is 46.2 Å². The number of aryl methyl sites for hydroxylation is 1.